The molecule has 0 bridgehead atoms. The molecule has 0 unspecified atom stereocenters. The minimum absolute atomic E-state index is 0.298. The number of rotatable bonds is 1. The number of aliphatic hydroxyl groups is 1. The van der Waals surface area contributed by atoms with Gasteiger partial charge in [0.05, 0.1) is 6.61 Å². The van der Waals surface area contributed by atoms with Gasteiger partial charge in [0.25, 0.3) is 0 Å². The van der Waals surface area contributed by atoms with Gasteiger partial charge in [0, 0.05) is 5.92 Å². The van der Waals surface area contributed by atoms with Crippen LogP contribution in [0.25, 0.3) is 0 Å². The summed E-state index contributed by atoms with van der Waals surface area (Å²) in [7, 11) is 0. The van der Waals surface area contributed by atoms with Crippen LogP contribution < -0.4 is 0 Å². The number of hydrogen-bond donors (Lipinski definition) is 1. The standard InChI is InChI=1S/C10H12O3/c1-4-13-9(11)7-5-6-8-10(2,3)12/h12H,4H2,1-3H3. The molecule has 0 aliphatic rings. The minimum atomic E-state index is -1.08. The van der Waals surface area contributed by atoms with E-state index in [-0.39, 0.29) is 0 Å². The predicted octanol–water partition coefficient (Wildman–Crippen LogP) is 0.327. The summed E-state index contributed by atoms with van der Waals surface area (Å²) in [5.74, 6) is 8.63. The molecular weight excluding hydrogens is 168 g/mol. The SMILES string of the molecule is CCOC(=O)C#CC#CC(C)(C)O. The van der Waals surface area contributed by atoms with Gasteiger partial charge >= 0.3 is 5.97 Å². The minimum Gasteiger partial charge on any atom is -0.456 e. The molecule has 0 aromatic rings. The Morgan fingerprint density at radius 1 is 1.46 bits per heavy atom. The zero-order valence-corrected chi connectivity index (χ0v) is 7.97. The Balaban J connectivity index is 4.11. The van der Waals surface area contributed by atoms with Crippen molar-refractivity contribution in [2.45, 2.75) is 26.4 Å². The summed E-state index contributed by atoms with van der Waals surface area (Å²) in [5, 5.41) is 9.13. The molecule has 0 heterocycles. The molecule has 3 nitrogen and oxygen atoms in total. The van der Waals surface area contributed by atoms with Crippen molar-refractivity contribution in [3.8, 4) is 23.7 Å². The van der Waals surface area contributed by atoms with Crippen molar-refractivity contribution >= 4 is 5.97 Å². The normalized spacial score (nSPS) is 8.92. The average molecular weight is 180 g/mol. The lowest BCUT2D eigenvalue weighted by Gasteiger charge is -2.04. The third-order valence-electron chi connectivity index (χ3n) is 0.871. The van der Waals surface area contributed by atoms with Gasteiger partial charge in [-0.3, -0.25) is 0 Å². The molecule has 0 radical (unpaired) electrons. The molecule has 0 saturated heterocycles. The summed E-state index contributed by atoms with van der Waals surface area (Å²) in [4.78, 5) is 10.6. The molecule has 13 heavy (non-hydrogen) atoms. The Morgan fingerprint density at radius 3 is 2.54 bits per heavy atom. The van der Waals surface area contributed by atoms with Gasteiger partial charge in [-0.1, -0.05) is 5.92 Å². The van der Waals surface area contributed by atoms with E-state index in [0.29, 0.717) is 6.61 Å². The summed E-state index contributed by atoms with van der Waals surface area (Å²) in [6, 6.07) is 0. The summed E-state index contributed by atoms with van der Waals surface area (Å²) in [5.41, 5.74) is -1.08. The summed E-state index contributed by atoms with van der Waals surface area (Å²) < 4.78 is 4.53. The van der Waals surface area contributed by atoms with Crippen molar-refractivity contribution in [3.05, 3.63) is 0 Å². The fraction of sp³-hybridized carbons (Fsp3) is 0.500. The number of carbonyl (C=O) groups excluding carboxylic acids is 1. The summed E-state index contributed by atoms with van der Waals surface area (Å²) in [6.07, 6.45) is 0. The van der Waals surface area contributed by atoms with E-state index >= 15 is 0 Å². The Labute approximate surface area is 78.1 Å². The monoisotopic (exact) mass is 180 g/mol. The third-order valence-corrected chi connectivity index (χ3v) is 0.871. The first-order chi connectivity index (χ1) is 5.95. The van der Waals surface area contributed by atoms with Crippen LogP contribution in [-0.4, -0.2) is 23.3 Å². The van der Waals surface area contributed by atoms with Gasteiger partial charge in [0.15, 0.2) is 0 Å². The summed E-state index contributed by atoms with van der Waals surface area (Å²) in [6.45, 7) is 5.06. The predicted molar refractivity (Wildman–Crippen MR) is 48.5 cm³/mol. The lowest BCUT2D eigenvalue weighted by molar-refractivity contribution is -0.136. The van der Waals surface area contributed by atoms with E-state index in [1.54, 1.807) is 6.92 Å². The van der Waals surface area contributed by atoms with Crippen LogP contribution in [0.3, 0.4) is 0 Å². The zero-order valence-electron chi connectivity index (χ0n) is 7.97. The highest BCUT2D eigenvalue weighted by atomic mass is 16.5. The molecular formula is C10H12O3. The third kappa shape index (κ3) is 8.46. The lowest BCUT2D eigenvalue weighted by Crippen LogP contribution is -2.14. The van der Waals surface area contributed by atoms with E-state index in [1.165, 1.54) is 13.8 Å². The maximum atomic E-state index is 10.6. The van der Waals surface area contributed by atoms with E-state index in [4.69, 9.17) is 5.11 Å². The van der Waals surface area contributed by atoms with E-state index in [2.05, 4.69) is 28.4 Å². The van der Waals surface area contributed by atoms with E-state index < -0.39 is 11.6 Å². The van der Waals surface area contributed by atoms with Crippen molar-refractivity contribution in [3.63, 3.8) is 0 Å². The molecule has 0 aliphatic carbocycles. The van der Waals surface area contributed by atoms with Crippen molar-refractivity contribution in [1.82, 2.24) is 0 Å². The molecule has 1 N–H and O–H groups in total. The molecule has 0 aliphatic heterocycles. The quantitative estimate of drug-likeness (QED) is 0.359. The second-order valence-corrected chi connectivity index (χ2v) is 2.78. The Bertz CT molecular complexity index is 288. The van der Waals surface area contributed by atoms with Crippen LogP contribution in [0.5, 0.6) is 0 Å². The van der Waals surface area contributed by atoms with Crippen molar-refractivity contribution in [2.75, 3.05) is 6.61 Å². The molecule has 0 atom stereocenters. The van der Waals surface area contributed by atoms with Gasteiger partial charge in [0.1, 0.15) is 5.60 Å². The van der Waals surface area contributed by atoms with Crippen molar-refractivity contribution in [2.24, 2.45) is 0 Å². The van der Waals surface area contributed by atoms with Crippen molar-refractivity contribution in [1.29, 1.82) is 0 Å². The van der Waals surface area contributed by atoms with E-state index in [0.717, 1.165) is 0 Å². The summed E-state index contributed by atoms with van der Waals surface area (Å²) >= 11 is 0. The molecule has 0 fully saturated rings. The highest BCUT2D eigenvalue weighted by molar-refractivity contribution is 5.89. The van der Waals surface area contributed by atoms with Gasteiger partial charge in [-0.2, -0.15) is 0 Å². The van der Waals surface area contributed by atoms with E-state index in [9.17, 15) is 4.79 Å². The fourth-order valence-electron chi connectivity index (χ4n) is 0.434. The van der Waals surface area contributed by atoms with Crippen LogP contribution >= 0.6 is 0 Å². The highest BCUT2D eigenvalue weighted by Crippen LogP contribution is 1.95. The molecule has 0 aromatic heterocycles. The van der Waals surface area contributed by atoms with Crippen LogP contribution in [-0.2, 0) is 9.53 Å². The lowest BCUT2D eigenvalue weighted by atomic mass is 10.1. The highest BCUT2D eigenvalue weighted by Gasteiger charge is 2.04. The van der Waals surface area contributed by atoms with Crippen LogP contribution in [0.2, 0.25) is 0 Å². The number of carbonyl (C=O) groups is 1. The maximum Gasteiger partial charge on any atom is 0.385 e. The first kappa shape index (κ1) is 11.6. The fourth-order valence-corrected chi connectivity index (χ4v) is 0.434. The second kappa shape index (κ2) is 5.24. The molecule has 0 amide bonds. The Hall–Kier alpha value is -1.45. The first-order valence-corrected chi connectivity index (χ1v) is 3.88. The number of hydrogen-bond acceptors (Lipinski definition) is 3. The second-order valence-electron chi connectivity index (χ2n) is 2.78. The molecule has 0 rings (SSSR count). The van der Waals surface area contributed by atoms with Crippen LogP contribution in [0, 0.1) is 23.7 Å². The average Bonchev–Trinajstić information content (AvgIpc) is 1.97. The van der Waals surface area contributed by atoms with Gasteiger partial charge < -0.3 is 9.84 Å². The maximum absolute atomic E-state index is 10.6. The number of ether oxygens (including phenoxy) is 1. The first-order valence-electron chi connectivity index (χ1n) is 3.88. The molecule has 0 saturated carbocycles. The zero-order chi connectivity index (χ0) is 10.3. The Morgan fingerprint density at radius 2 is 2.08 bits per heavy atom. The van der Waals surface area contributed by atoms with Gasteiger partial charge in [-0.05, 0) is 32.6 Å². The molecule has 0 spiro atoms. The van der Waals surface area contributed by atoms with Crippen LogP contribution in [0.15, 0.2) is 0 Å². The molecule has 3 heteroatoms. The van der Waals surface area contributed by atoms with E-state index in [1.807, 2.05) is 0 Å². The smallest absolute Gasteiger partial charge is 0.385 e. The Kier molecular flexibility index (Phi) is 4.66. The van der Waals surface area contributed by atoms with Crippen molar-refractivity contribution < 1.29 is 14.6 Å². The number of esters is 1. The van der Waals surface area contributed by atoms with Crippen LogP contribution in [0.1, 0.15) is 20.8 Å². The largest absolute Gasteiger partial charge is 0.456 e. The topological polar surface area (TPSA) is 46.5 Å². The van der Waals surface area contributed by atoms with Gasteiger partial charge in [-0.25, -0.2) is 4.79 Å². The molecule has 70 valence electrons. The molecule has 0 aromatic carbocycles. The van der Waals surface area contributed by atoms with Gasteiger partial charge in [-0.15, -0.1) is 0 Å². The van der Waals surface area contributed by atoms with Crippen LogP contribution in [0.4, 0.5) is 0 Å². The van der Waals surface area contributed by atoms with Gasteiger partial charge in [0.2, 0.25) is 0 Å².